The van der Waals surface area contributed by atoms with E-state index in [4.69, 9.17) is 21.8 Å². The predicted octanol–water partition coefficient (Wildman–Crippen LogP) is 4.79. The maximum Gasteiger partial charge on any atom is 0.269 e. The van der Waals surface area contributed by atoms with Crippen molar-refractivity contribution >= 4 is 34.2 Å². The number of nitrogens with two attached hydrogens (primary N) is 1. The van der Waals surface area contributed by atoms with Crippen LogP contribution in [0.3, 0.4) is 0 Å². The van der Waals surface area contributed by atoms with Crippen molar-refractivity contribution in [1.82, 2.24) is 9.97 Å². The highest BCUT2D eigenvalue weighted by Gasteiger charge is 2.21. The molecule has 3 aromatic heterocycles. The highest BCUT2D eigenvalue weighted by atomic mass is 35.5. The van der Waals surface area contributed by atoms with Crippen molar-refractivity contribution in [2.45, 2.75) is 26.8 Å². The number of benzene rings is 1. The van der Waals surface area contributed by atoms with E-state index in [9.17, 15) is 9.59 Å². The first-order valence-corrected chi connectivity index (χ1v) is 10.4. The summed E-state index contributed by atoms with van der Waals surface area (Å²) in [6.45, 7) is 5.54. The van der Waals surface area contributed by atoms with Gasteiger partial charge in [-0.15, -0.1) is 0 Å². The number of carbonyl (C=O) groups is 1. The molecule has 1 unspecified atom stereocenters. The average molecular weight is 449 g/mol. The van der Waals surface area contributed by atoms with E-state index >= 15 is 0 Å². The molecule has 0 radical (unpaired) electrons. The van der Waals surface area contributed by atoms with E-state index in [0.717, 1.165) is 11.1 Å². The van der Waals surface area contributed by atoms with Crippen molar-refractivity contribution in [2.24, 2.45) is 5.73 Å². The van der Waals surface area contributed by atoms with E-state index in [1.807, 2.05) is 32.0 Å². The monoisotopic (exact) mass is 448 g/mol. The SMILES string of the molecule is Cc1cc(C(C)Nc2ccc(Cl)nc2C(N)=O)c2oc(-c3ccccn3)c(C)c(=O)c2c1. The average Bonchev–Trinajstić information content (AvgIpc) is 2.77. The fourth-order valence-electron chi connectivity index (χ4n) is 3.68. The number of rotatable bonds is 5. The summed E-state index contributed by atoms with van der Waals surface area (Å²) >= 11 is 5.92. The molecule has 7 nitrogen and oxygen atoms in total. The van der Waals surface area contributed by atoms with Gasteiger partial charge in [-0.25, -0.2) is 4.98 Å². The number of anilines is 1. The van der Waals surface area contributed by atoms with E-state index in [1.54, 1.807) is 37.4 Å². The fourth-order valence-corrected chi connectivity index (χ4v) is 3.83. The summed E-state index contributed by atoms with van der Waals surface area (Å²) < 4.78 is 6.27. The van der Waals surface area contributed by atoms with Crippen molar-refractivity contribution in [1.29, 1.82) is 0 Å². The molecule has 0 bridgehead atoms. The molecule has 0 aliphatic rings. The number of nitrogens with zero attached hydrogens (tertiary/aromatic N) is 2. The summed E-state index contributed by atoms with van der Waals surface area (Å²) in [7, 11) is 0. The Bertz CT molecular complexity index is 1400. The first kappa shape index (κ1) is 21.5. The third kappa shape index (κ3) is 3.94. The number of amides is 1. The molecule has 1 aromatic carbocycles. The van der Waals surface area contributed by atoms with Crippen LogP contribution in [0.15, 0.2) is 57.9 Å². The molecule has 0 aliphatic heterocycles. The Morgan fingerprint density at radius 1 is 1.19 bits per heavy atom. The molecular formula is C24H21ClN4O3. The van der Waals surface area contributed by atoms with Gasteiger partial charge in [-0.3, -0.25) is 14.6 Å². The Morgan fingerprint density at radius 3 is 2.66 bits per heavy atom. The Balaban J connectivity index is 1.88. The van der Waals surface area contributed by atoms with E-state index in [0.29, 0.717) is 33.7 Å². The molecule has 8 heteroatoms. The number of hydrogen-bond donors (Lipinski definition) is 2. The van der Waals surface area contributed by atoms with Crippen LogP contribution in [0.5, 0.6) is 0 Å². The van der Waals surface area contributed by atoms with Crippen molar-refractivity contribution in [3.05, 3.63) is 86.4 Å². The highest BCUT2D eigenvalue weighted by molar-refractivity contribution is 6.29. The number of aromatic nitrogens is 2. The lowest BCUT2D eigenvalue weighted by Crippen LogP contribution is -2.18. The van der Waals surface area contributed by atoms with E-state index in [-0.39, 0.29) is 22.3 Å². The first-order chi connectivity index (χ1) is 15.3. The number of primary amides is 1. The van der Waals surface area contributed by atoms with Gasteiger partial charge in [0.25, 0.3) is 5.91 Å². The van der Waals surface area contributed by atoms with Crippen molar-refractivity contribution in [3.8, 4) is 11.5 Å². The lowest BCUT2D eigenvalue weighted by atomic mass is 9.99. The molecule has 1 atom stereocenters. The number of hydrogen-bond acceptors (Lipinski definition) is 6. The van der Waals surface area contributed by atoms with Crippen molar-refractivity contribution < 1.29 is 9.21 Å². The maximum atomic E-state index is 13.2. The largest absolute Gasteiger partial charge is 0.454 e. The van der Waals surface area contributed by atoms with Crippen molar-refractivity contribution in [2.75, 3.05) is 5.32 Å². The van der Waals surface area contributed by atoms with Gasteiger partial charge in [0.05, 0.1) is 17.1 Å². The molecule has 0 saturated carbocycles. The van der Waals surface area contributed by atoms with Gasteiger partial charge in [-0.2, -0.15) is 0 Å². The van der Waals surface area contributed by atoms with Crippen molar-refractivity contribution in [3.63, 3.8) is 0 Å². The normalized spacial score (nSPS) is 12.0. The van der Waals surface area contributed by atoms with Crippen LogP contribution in [0.2, 0.25) is 5.15 Å². The molecule has 32 heavy (non-hydrogen) atoms. The van der Waals surface area contributed by atoms with Gasteiger partial charge in [0.15, 0.2) is 16.9 Å². The van der Waals surface area contributed by atoms with Crippen LogP contribution in [-0.4, -0.2) is 15.9 Å². The Morgan fingerprint density at radius 2 is 1.97 bits per heavy atom. The Hall–Kier alpha value is -3.71. The van der Waals surface area contributed by atoms with Gasteiger partial charge in [-0.05, 0) is 56.7 Å². The number of fused-ring (bicyclic) bond motifs is 1. The number of aryl methyl sites for hydroxylation is 1. The standard InChI is InChI=1S/C24H21ClN4O3/c1-12-10-15(14(3)28-17-7-8-19(25)29-20(17)24(26)31)23-16(11-12)21(30)13(2)22(32-23)18-6-4-5-9-27-18/h4-11,14,28H,1-3H3,(H2,26,31). The van der Waals surface area contributed by atoms with Gasteiger partial charge in [0.1, 0.15) is 16.4 Å². The number of carbonyl (C=O) groups excluding carboxylic acids is 1. The number of nitrogens with one attached hydrogen (secondary N) is 1. The quantitative estimate of drug-likeness (QED) is 0.424. The minimum absolute atomic E-state index is 0.0350. The zero-order chi connectivity index (χ0) is 23.0. The van der Waals surface area contributed by atoms with Gasteiger partial charge >= 0.3 is 0 Å². The zero-order valence-electron chi connectivity index (χ0n) is 17.8. The second kappa shape index (κ2) is 8.43. The summed E-state index contributed by atoms with van der Waals surface area (Å²) in [5.74, 6) is -0.276. The summed E-state index contributed by atoms with van der Waals surface area (Å²) in [5, 5.41) is 3.90. The van der Waals surface area contributed by atoms with Gasteiger partial charge < -0.3 is 15.5 Å². The van der Waals surface area contributed by atoms with Gasteiger partial charge in [0.2, 0.25) is 0 Å². The van der Waals surface area contributed by atoms with Crippen LogP contribution in [-0.2, 0) is 0 Å². The minimum atomic E-state index is -0.698. The molecule has 0 aliphatic carbocycles. The smallest absolute Gasteiger partial charge is 0.269 e. The van der Waals surface area contributed by atoms with Gasteiger partial charge in [0, 0.05) is 17.3 Å². The second-order valence-corrected chi connectivity index (χ2v) is 7.98. The summed E-state index contributed by atoms with van der Waals surface area (Å²) in [4.78, 5) is 33.4. The van der Waals surface area contributed by atoms with Gasteiger partial charge in [-0.1, -0.05) is 23.7 Å². The fraction of sp³-hybridized carbons (Fsp3) is 0.167. The third-order valence-electron chi connectivity index (χ3n) is 5.22. The third-order valence-corrected chi connectivity index (χ3v) is 5.43. The molecule has 0 fully saturated rings. The zero-order valence-corrected chi connectivity index (χ0v) is 18.5. The maximum absolute atomic E-state index is 13.2. The molecule has 3 heterocycles. The lowest BCUT2D eigenvalue weighted by molar-refractivity contribution is 0.0996. The topological polar surface area (TPSA) is 111 Å². The predicted molar refractivity (Wildman–Crippen MR) is 125 cm³/mol. The van der Waals surface area contributed by atoms with Crippen LogP contribution in [0.4, 0.5) is 5.69 Å². The molecule has 4 rings (SSSR count). The van der Waals surface area contributed by atoms with Crippen LogP contribution in [0.25, 0.3) is 22.4 Å². The van der Waals surface area contributed by atoms with E-state index < -0.39 is 5.91 Å². The highest BCUT2D eigenvalue weighted by Crippen LogP contribution is 2.32. The van der Waals surface area contributed by atoms with Crippen LogP contribution < -0.4 is 16.5 Å². The molecule has 162 valence electrons. The van der Waals surface area contributed by atoms with Crippen LogP contribution in [0.1, 0.15) is 40.1 Å². The molecule has 1 amide bonds. The van der Waals surface area contributed by atoms with E-state index in [1.165, 1.54) is 0 Å². The van der Waals surface area contributed by atoms with Crippen LogP contribution >= 0.6 is 11.6 Å². The first-order valence-electron chi connectivity index (χ1n) is 9.98. The Kier molecular flexibility index (Phi) is 5.67. The number of pyridine rings is 2. The molecule has 0 saturated heterocycles. The summed E-state index contributed by atoms with van der Waals surface area (Å²) in [6, 6.07) is 12.1. The summed E-state index contributed by atoms with van der Waals surface area (Å²) in [6.07, 6.45) is 1.65. The van der Waals surface area contributed by atoms with E-state index in [2.05, 4.69) is 15.3 Å². The molecule has 4 aromatic rings. The summed E-state index contributed by atoms with van der Waals surface area (Å²) in [5.41, 5.74) is 9.00. The molecule has 3 N–H and O–H groups in total. The molecule has 0 spiro atoms. The minimum Gasteiger partial charge on any atom is -0.454 e. The lowest BCUT2D eigenvalue weighted by Gasteiger charge is -2.19. The Labute approximate surface area is 189 Å². The van der Waals surface area contributed by atoms with Crippen LogP contribution in [0, 0.1) is 13.8 Å². The second-order valence-electron chi connectivity index (χ2n) is 7.59. The molecular weight excluding hydrogens is 428 g/mol. The number of halogens is 1.